The van der Waals surface area contributed by atoms with Crippen molar-refractivity contribution in [1.82, 2.24) is 19.1 Å². The minimum Gasteiger partial charge on any atom is -0.513 e. The van der Waals surface area contributed by atoms with Gasteiger partial charge < -0.3 is 28.6 Å². The summed E-state index contributed by atoms with van der Waals surface area (Å²) in [4.78, 5) is 25.3. The Hall–Kier alpha value is -5.61. The molecule has 318 valence electrons. The first-order chi connectivity index (χ1) is 29.3. The van der Waals surface area contributed by atoms with Gasteiger partial charge in [0.05, 0.1) is 40.9 Å². The van der Waals surface area contributed by atoms with Crippen molar-refractivity contribution in [2.45, 2.75) is 73.6 Å². The second kappa shape index (κ2) is 20.3. The standard InChI is InChI=1S/C47H49Cl2N5O3.C3H6O/c1-30-24-35(25-31(2)46(30)49)57-23-12-17-36-37-19-20-39(48)45(44-32(3)50-43(51-33(44)4)29-56-28-34-14-8-7-9-15-34)47(37)54(42(36)27-55)22-13-21-52(5)41-26-53(6)40-18-11-10-16-38(40)41;1-3(2)4/h7-11,14-16,18-20,24-27H,12-13,17,21-23,28-29H2,1-6H3;4H,1H2,2H3. The fourth-order valence-electron chi connectivity index (χ4n) is 8.07. The number of ether oxygens (including phenoxy) is 2. The first-order valence-corrected chi connectivity index (χ1v) is 21.3. The number of hydrogen-bond acceptors (Lipinski definition) is 7. The number of nitrogens with zero attached hydrogens (tertiary/aromatic N) is 5. The van der Waals surface area contributed by atoms with E-state index in [4.69, 9.17) is 47.8 Å². The molecule has 1 N–H and O–H groups in total. The summed E-state index contributed by atoms with van der Waals surface area (Å²) in [5.74, 6) is 1.57. The van der Waals surface area contributed by atoms with Crippen LogP contribution in [0.1, 0.15) is 69.7 Å². The molecule has 4 aromatic carbocycles. The van der Waals surface area contributed by atoms with E-state index in [1.54, 1.807) is 0 Å². The fourth-order valence-corrected chi connectivity index (χ4v) is 8.42. The number of allylic oxidation sites excluding steroid dienone is 1. The molecule has 0 fully saturated rings. The van der Waals surface area contributed by atoms with Crippen LogP contribution in [0.15, 0.2) is 97.4 Å². The molecule has 3 heterocycles. The third kappa shape index (κ3) is 10.5. The predicted molar refractivity (Wildman–Crippen MR) is 251 cm³/mol. The molecule has 11 heteroatoms. The van der Waals surface area contributed by atoms with Crippen LogP contribution in [0.3, 0.4) is 0 Å². The van der Waals surface area contributed by atoms with E-state index in [-0.39, 0.29) is 12.4 Å². The van der Waals surface area contributed by atoms with Crippen LogP contribution in [0, 0.1) is 27.7 Å². The van der Waals surface area contributed by atoms with Gasteiger partial charge in [-0.25, -0.2) is 9.97 Å². The Kier molecular flexibility index (Phi) is 15.0. The Morgan fingerprint density at radius 2 is 1.54 bits per heavy atom. The van der Waals surface area contributed by atoms with Crippen molar-refractivity contribution < 1.29 is 19.4 Å². The number of halogens is 2. The number of aryl methyl sites for hydroxylation is 7. The van der Waals surface area contributed by atoms with Gasteiger partial charge in [-0.3, -0.25) is 4.79 Å². The number of carbonyl (C=O) groups excluding carboxylic acids is 1. The third-order valence-electron chi connectivity index (χ3n) is 10.8. The highest BCUT2D eigenvalue weighted by molar-refractivity contribution is 6.35. The number of aliphatic hydroxyl groups is 1. The lowest BCUT2D eigenvalue weighted by Gasteiger charge is -2.20. The molecule has 0 radical (unpaired) electrons. The van der Waals surface area contributed by atoms with Crippen molar-refractivity contribution in [1.29, 1.82) is 0 Å². The average molecular weight is 861 g/mol. The Morgan fingerprint density at radius 1 is 0.885 bits per heavy atom. The molecule has 0 atom stereocenters. The lowest BCUT2D eigenvalue weighted by atomic mass is 9.97. The summed E-state index contributed by atoms with van der Waals surface area (Å²) < 4.78 is 16.5. The van der Waals surface area contributed by atoms with Gasteiger partial charge in [0.2, 0.25) is 0 Å². The average Bonchev–Trinajstić information content (AvgIpc) is 3.72. The number of benzene rings is 4. The topological polar surface area (TPSA) is 94.6 Å². The summed E-state index contributed by atoms with van der Waals surface area (Å²) in [6.45, 7) is 15.2. The molecule has 0 aliphatic rings. The molecule has 61 heavy (non-hydrogen) atoms. The Balaban J connectivity index is 0.00000149. The van der Waals surface area contributed by atoms with Crippen LogP contribution >= 0.6 is 23.2 Å². The number of hydrogen-bond donors (Lipinski definition) is 1. The van der Waals surface area contributed by atoms with Gasteiger partial charge in [-0.15, -0.1) is 0 Å². The van der Waals surface area contributed by atoms with Crippen LogP contribution < -0.4 is 9.64 Å². The summed E-state index contributed by atoms with van der Waals surface area (Å²) >= 11 is 13.6. The fraction of sp³-hybridized carbons (Fsp3) is 0.300. The van der Waals surface area contributed by atoms with Gasteiger partial charge in [0.25, 0.3) is 0 Å². The number of rotatable bonds is 16. The van der Waals surface area contributed by atoms with Crippen LogP contribution in [0.25, 0.3) is 32.9 Å². The van der Waals surface area contributed by atoms with Crippen molar-refractivity contribution >= 4 is 57.0 Å². The van der Waals surface area contributed by atoms with Gasteiger partial charge >= 0.3 is 0 Å². The maximum absolute atomic E-state index is 13.2. The van der Waals surface area contributed by atoms with Crippen LogP contribution in [0.2, 0.25) is 10.0 Å². The van der Waals surface area contributed by atoms with Crippen molar-refractivity contribution in [3.63, 3.8) is 0 Å². The molecule has 3 aromatic heterocycles. The SMILES string of the molecule is C=C(C)O.Cc1cc(OCCCc2c(C=O)n(CCCN(C)c3cn(C)c4ccccc34)c3c(-c4c(C)nc(COCc5ccccc5)nc4C)c(Cl)ccc23)cc(C)c1Cl. The normalized spacial score (nSPS) is 11.2. The van der Waals surface area contributed by atoms with E-state index >= 15 is 0 Å². The van der Waals surface area contributed by atoms with E-state index in [1.807, 2.05) is 82.3 Å². The third-order valence-corrected chi connectivity index (χ3v) is 11.7. The first-order valence-electron chi connectivity index (χ1n) is 20.5. The maximum Gasteiger partial charge on any atom is 0.166 e. The Bertz CT molecular complexity index is 2620. The zero-order valence-corrected chi connectivity index (χ0v) is 37.7. The Labute approximate surface area is 369 Å². The molecule has 0 aliphatic carbocycles. The number of carbonyl (C=O) groups is 1. The van der Waals surface area contributed by atoms with Crippen molar-refractivity contribution in [3.05, 3.63) is 153 Å². The number of anilines is 1. The van der Waals surface area contributed by atoms with E-state index in [0.29, 0.717) is 49.1 Å². The molecule has 0 saturated carbocycles. The van der Waals surface area contributed by atoms with E-state index in [2.05, 4.69) is 65.2 Å². The summed E-state index contributed by atoms with van der Waals surface area (Å²) in [5.41, 5.74) is 11.3. The lowest BCUT2D eigenvalue weighted by molar-refractivity contribution is 0.101. The highest BCUT2D eigenvalue weighted by Crippen LogP contribution is 2.42. The highest BCUT2D eigenvalue weighted by Gasteiger charge is 2.25. The summed E-state index contributed by atoms with van der Waals surface area (Å²) in [7, 11) is 4.21. The number of aldehydes is 1. The second-order valence-corrected chi connectivity index (χ2v) is 16.4. The molecule has 9 nitrogen and oxygen atoms in total. The molecule has 0 aliphatic heterocycles. The summed E-state index contributed by atoms with van der Waals surface area (Å²) in [6.07, 6.45) is 5.32. The lowest BCUT2D eigenvalue weighted by Crippen LogP contribution is -2.20. The largest absolute Gasteiger partial charge is 0.513 e. The molecule has 0 unspecified atom stereocenters. The smallest absolute Gasteiger partial charge is 0.166 e. The molecular formula is C50H55Cl2N5O4. The van der Waals surface area contributed by atoms with E-state index in [1.165, 1.54) is 23.5 Å². The monoisotopic (exact) mass is 859 g/mol. The molecule has 7 aromatic rings. The van der Waals surface area contributed by atoms with E-state index < -0.39 is 0 Å². The quantitative estimate of drug-likeness (QED) is 0.0587. The van der Waals surface area contributed by atoms with Gasteiger partial charge in [0, 0.05) is 77.2 Å². The van der Waals surface area contributed by atoms with Gasteiger partial charge in [-0.1, -0.05) is 84.4 Å². The van der Waals surface area contributed by atoms with Crippen LogP contribution in [-0.4, -0.2) is 50.7 Å². The zero-order valence-electron chi connectivity index (χ0n) is 36.2. The van der Waals surface area contributed by atoms with Crippen molar-refractivity contribution in [3.8, 4) is 16.9 Å². The molecular weight excluding hydrogens is 805 g/mol. The van der Waals surface area contributed by atoms with Gasteiger partial charge in [-0.05, 0) is 100 Å². The van der Waals surface area contributed by atoms with Crippen molar-refractivity contribution in [2.24, 2.45) is 7.05 Å². The van der Waals surface area contributed by atoms with E-state index in [0.717, 1.165) is 85.7 Å². The van der Waals surface area contributed by atoms with Crippen molar-refractivity contribution in [2.75, 3.05) is 25.1 Å². The van der Waals surface area contributed by atoms with Crippen LogP contribution in [0.5, 0.6) is 5.75 Å². The Morgan fingerprint density at radius 3 is 2.21 bits per heavy atom. The summed E-state index contributed by atoms with van der Waals surface area (Å²) in [6, 6.07) is 26.4. The summed E-state index contributed by atoms with van der Waals surface area (Å²) in [5, 5.41) is 11.4. The molecule has 0 bridgehead atoms. The van der Waals surface area contributed by atoms with Crippen LogP contribution in [0.4, 0.5) is 5.69 Å². The second-order valence-electron chi connectivity index (χ2n) is 15.6. The zero-order chi connectivity index (χ0) is 43.8. The molecule has 0 amide bonds. The number of aromatic nitrogens is 4. The van der Waals surface area contributed by atoms with Gasteiger partial charge in [0.15, 0.2) is 12.1 Å². The molecule has 0 spiro atoms. The van der Waals surface area contributed by atoms with Crippen LogP contribution in [-0.2, 0) is 38.0 Å². The first kappa shape index (κ1) is 44.9. The minimum absolute atomic E-state index is 0.167. The van der Waals surface area contributed by atoms with E-state index in [9.17, 15) is 4.79 Å². The molecule has 7 rings (SSSR count). The van der Waals surface area contributed by atoms with Gasteiger partial charge in [-0.2, -0.15) is 0 Å². The number of fused-ring (bicyclic) bond motifs is 2. The number of aliphatic hydroxyl groups excluding tert-OH is 1. The predicted octanol–water partition coefficient (Wildman–Crippen LogP) is 12.3. The molecule has 0 saturated heterocycles. The highest BCUT2D eigenvalue weighted by atomic mass is 35.5. The minimum atomic E-state index is 0.167. The maximum atomic E-state index is 13.2. The van der Waals surface area contributed by atoms with Gasteiger partial charge in [0.1, 0.15) is 12.4 Å². The number of para-hydroxylation sites is 1.